The Balaban J connectivity index is 1.33. The number of ether oxygens (including phenoxy) is 1. The van der Waals surface area contributed by atoms with Gasteiger partial charge in [-0.2, -0.15) is 0 Å². The number of carbonyl (C=O) groups excluding carboxylic acids is 1. The number of nitrogens with zero attached hydrogens (tertiary/aromatic N) is 1. The van der Waals surface area contributed by atoms with Crippen LogP contribution in [0.5, 0.6) is 0 Å². The molecule has 1 amide bonds. The third-order valence-electron chi connectivity index (χ3n) is 6.39. The van der Waals surface area contributed by atoms with Crippen molar-refractivity contribution in [3.8, 4) is 11.3 Å². The molecule has 3 aliphatic rings. The Bertz CT molecular complexity index is 798. The lowest BCUT2D eigenvalue weighted by molar-refractivity contribution is -0.0862. The number of hydrogen-bond donors (Lipinski definition) is 1. The van der Waals surface area contributed by atoms with Crippen LogP contribution in [0.15, 0.2) is 47.1 Å². The van der Waals surface area contributed by atoms with Crippen LogP contribution in [0.3, 0.4) is 0 Å². The zero-order chi connectivity index (χ0) is 18.2. The van der Waals surface area contributed by atoms with Gasteiger partial charge in [0.05, 0.1) is 24.5 Å². The lowest BCUT2D eigenvalue weighted by Gasteiger charge is -2.53. The largest absolute Gasteiger partial charge is 0.464 e. The average Bonchev–Trinajstić information content (AvgIpc) is 3.38. The Morgan fingerprint density at radius 1 is 1.11 bits per heavy atom. The molecule has 2 aromatic rings. The molecule has 3 heterocycles. The van der Waals surface area contributed by atoms with Crippen LogP contribution in [0.1, 0.15) is 36.0 Å². The number of hydrogen-bond acceptors (Lipinski definition) is 4. The maximum absolute atomic E-state index is 13.0. The van der Waals surface area contributed by atoms with Gasteiger partial charge in [-0.3, -0.25) is 9.69 Å². The highest BCUT2D eigenvalue weighted by atomic mass is 16.5. The molecule has 0 bridgehead atoms. The quantitative estimate of drug-likeness (QED) is 0.902. The van der Waals surface area contributed by atoms with Gasteiger partial charge in [-0.15, -0.1) is 0 Å². The summed E-state index contributed by atoms with van der Waals surface area (Å²) in [6, 6.07) is 12.0. The lowest BCUT2D eigenvalue weighted by atomic mass is 9.70. The van der Waals surface area contributed by atoms with Gasteiger partial charge in [0, 0.05) is 23.7 Å². The summed E-state index contributed by atoms with van der Waals surface area (Å²) in [6.45, 7) is 3.06. The number of benzene rings is 1. The summed E-state index contributed by atoms with van der Waals surface area (Å²) in [5.74, 6) is 1.23. The van der Waals surface area contributed by atoms with Crippen molar-refractivity contribution in [2.45, 2.75) is 43.9 Å². The third kappa shape index (κ3) is 3.09. The van der Waals surface area contributed by atoms with Crippen LogP contribution in [-0.4, -0.2) is 48.7 Å². The summed E-state index contributed by atoms with van der Waals surface area (Å²) in [4.78, 5) is 15.5. The van der Waals surface area contributed by atoms with Crippen LogP contribution >= 0.6 is 0 Å². The summed E-state index contributed by atoms with van der Waals surface area (Å²) in [7, 11) is 0. The van der Waals surface area contributed by atoms with Crippen molar-refractivity contribution in [3.63, 3.8) is 0 Å². The van der Waals surface area contributed by atoms with E-state index in [-0.39, 0.29) is 11.9 Å². The summed E-state index contributed by atoms with van der Waals surface area (Å²) >= 11 is 0. The van der Waals surface area contributed by atoms with E-state index in [4.69, 9.17) is 9.15 Å². The first-order valence-electron chi connectivity index (χ1n) is 10.1. The Hall–Kier alpha value is -2.11. The molecule has 3 fully saturated rings. The molecule has 4 atom stereocenters. The van der Waals surface area contributed by atoms with Gasteiger partial charge < -0.3 is 14.5 Å². The van der Waals surface area contributed by atoms with E-state index in [2.05, 4.69) is 10.2 Å². The molecule has 0 radical (unpaired) electrons. The molecule has 2 saturated heterocycles. The minimum Gasteiger partial charge on any atom is -0.464 e. The number of furan rings is 1. The van der Waals surface area contributed by atoms with E-state index in [9.17, 15) is 4.79 Å². The Morgan fingerprint density at radius 3 is 2.81 bits per heavy atom. The summed E-state index contributed by atoms with van der Waals surface area (Å²) in [5.41, 5.74) is 1.61. The number of amides is 1. The van der Waals surface area contributed by atoms with Crippen LogP contribution in [-0.2, 0) is 4.74 Å². The number of carbonyl (C=O) groups is 1. The van der Waals surface area contributed by atoms with Gasteiger partial charge in [-0.25, -0.2) is 0 Å². The monoisotopic (exact) mass is 366 g/mol. The van der Waals surface area contributed by atoms with E-state index in [0.29, 0.717) is 23.6 Å². The van der Waals surface area contributed by atoms with Gasteiger partial charge in [0.15, 0.2) is 0 Å². The molecule has 1 aliphatic carbocycles. The maximum atomic E-state index is 13.0. The molecule has 5 heteroatoms. The van der Waals surface area contributed by atoms with E-state index in [1.165, 1.54) is 19.3 Å². The van der Waals surface area contributed by atoms with E-state index in [1.54, 1.807) is 6.26 Å². The van der Waals surface area contributed by atoms with Crippen molar-refractivity contribution in [2.24, 2.45) is 5.92 Å². The number of rotatable bonds is 4. The summed E-state index contributed by atoms with van der Waals surface area (Å²) < 4.78 is 11.5. The fourth-order valence-corrected chi connectivity index (χ4v) is 5.01. The van der Waals surface area contributed by atoms with Crippen molar-refractivity contribution >= 4 is 5.91 Å². The predicted molar refractivity (Wildman–Crippen MR) is 102 cm³/mol. The van der Waals surface area contributed by atoms with Gasteiger partial charge in [0.1, 0.15) is 5.76 Å². The van der Waals surface area contributed by atoms with Crippen LogP contribution in [0.2, 0.25) is 0 Å². The highest BCUT2D eigenvalue weighted by Crippen LogP contribution is 2.42. The second-order valence-corrected chi connectivity index (χ2v) is 7.93. The standard InChI is InChI=1S/C22H26N2O3/c25-22(16-7-4-6-15(14-16)18-8-5-12-26-18)23-19-17-9-13-27-21(17)20(19)24-10-2-1-3-11-24/h4-8,12,14,17,19-21H,1-3,9-11,13H2,(H,23,25)/t17-,19+,20-,21-/m0/s1. The van der Waals surface area contributed by atoms with Gasteiger partial charge in [0.2, 0.25) is 0 Å². The van der Waals surface area contributed by atoms with Crippen LogP contribution in [0, 0.1) is 5.92 Å². The Kier molecular flexibility index (Phi) is 4.50. The van der Waals surface area contributed by atoms with Crippen LogP contribution in [0.25, 0.3) is 11.3 Å². The molecule has 2 aliphatic heterocycles. The smallest absolute Gasteiger partial charge is 0.251 e. The maximum Gasteiger partial charge on any atom is 0.251 e. The molecule has 0 spiro atoms. The van der Waals surface area contributed by atoms with Gasteiger partial charge in [-0.05, 0) is 56.6 Å². The van der Waals surface area contributed by atoms with E-state index >= 15 is 0 Å². The molecular weight excluding hydrogens is 340 g/mol. The summed E-state index contributed by atoms with van der Waals surface area (Å²) in [6.07, 6.45) is 6.81. The normalized spacial score (nSPS) is 30.5. The zero-order valence-electron chi connectivity index (χ0n) is 15.5. The molecule has 1 saturated carbocycles. The molecule has 1 N–H and O–H groups in total. The second-order valence-electron chi connectivity index (χ2n) is 7.93. The van der Waals surface area contributed by atoms with E-state index in [1.807, 2.05) is 36.4 Å². The SMILES string of the molecule is O=C(N[C@@H]1[C@@H]2CCO[C@@H]2[C@H]1N1CCCCC1)c1cccc(-c2ccco2)c1. The number of nitrogens with one attached hydrogen (secondary N) is 1. The van der Waals surface area contributed by atoms with Crippen molar-refractivity contribution in [3.05, 3.63) is 48.2 Å². The highest BCUT2D eigenvalue weighted by molar-refractivity contribution is 5.95. The van der Waals surface area contributed by atoms with Crippen LogP contribution in [0.4, 0.5) is 0 Å². The summed E-state index contributed by atoms with van der Waals surface area (Å²) in [5, 5.41) is 3.33. The van der Waals surface area contributed by atoms with E-state index < -0.39 is 0 Å². The number of fused-ring (bicyclic) bond motifs is 1. The molecule has 27 heavy (non-hydrogen) atoms. The number of piperidine rings is 1. The lowest BCUT2D eigenvalue weighted by Crippen LogP contribution is -2.71. The van der Waals surface area contributed by atoms with Crippen LogP contribution < -0.4 is 5.32 Å². The Morgan fingerprint density at radius 2 is 2.00 bits per heavy atom. The molecule has 5 nitrogen and oxygen atoms in total. The average molecular weight is 366 g/mol. The van der Waals surface area contributed by atoms with Crippen molar-refractivity contribution < 1.29 is 13.9 Å². The zero-order valence-corrected chi connectivity index (χ0v) is 15.5. The molecule has 5 rings (SSSR count). The first kappa shape index (κ1) is 17.0. The fraction of sp³-hybridized carbons (Fsp3) is 0.500. The molecule has 142 valence electrons. The molecular formula is C22H26N2O3. The van der Waals surface area contributed by atoms with Gasteiger partial charge in [0.25, 0.3) is 5.91 Å². The first-order chi connectivity index (χ1) is 13.3. The predicted octanol–water partition coefficient (Wildman–Crippen LogP) is 3.32. The number of likely N-dealkylation sites (tertiary alicyclic amines) is 1. The molecule has 1 aromatic heterocycles. The Labute approximate surface area is 159 Å². The minimum atomic E-state index is 0.000709. The fourth-order valence-electron chi connectivity index (χ4n) is 5.01. The van der Waals surface area contributed by atoms with Gasteiger partial charge >= 0.3 is 0 Å². The molecule has 0 unspecified atom stereocenters. The third-order valence-corrected chi connectivity index (χ3v) is 6.39. The van der Waals surface area contributed by atoms with Crippen molar-refractivity contribution in [1.82, 2.24) is 10.2 Å². The topological polar surface area (TPSA) is 54.7 Å². The first-order valence-corrected chi connectivity index (χ1v) is 10.1. The molecule has 1 aromatic carbocycles. The highest BCUT2D eigenvalue weighted by Gasteiger charge is 2.56. The van der Waals surface area contributed by atoms with Gasteiger partial charge in [-0.1, -0.05) is 18.6 Å². The second kappa shape index (κ2) is 7.13. The minimum absolute atomic E-state index is 0.000709. The van der Waals surface area contributed by atoms with Crippen molar-refractivity contribution in [2.75, 3.05) is 19.7 Å². The van der Waals surface area contributed by atoms with E-state index in [0.717, 1.165) is 37.4 Å². The van der Waals surface area contributed by atoms with Crippen molar-refractivity contribution in [1.29, 1.82) is 0 Å².